The molecule has 4 heteroatoms. The summed E-state index contributed by atoms with van der Waals surface area (Å²) in [5, 5.41) is 10.1. The molecule has 0 fully saturated rings. The standard InChI is InChI=1S/C7H8FNO2/c1-3-7(9(10)11)5-4-6(2)8/h3-5H,1H2,2H3/b6-4+,7-5+. The zero-order chi connectivity index (χ0) is 8.85. The van der Waals surface area contributed by atoms with E-state index in [1.165, 1.54) is 6.92 Å². The Morgan fingerprint density at radius 3 is 2.45 bits per heavy atom. The predicted octanol–water partition coefficient (Wildman–Crippen LogP) is 2.21. The Labute approximate surface area is 63.7 Å². The van der Waals surface area contributed by atoms with E-state index < -0.39 is 10.8 Å². The van der Waals surface area contributed by atoms with E-state index in [4.69, 9.17) is 0 Å². The Kier molecular flexibility index (Phi) is 3.80. The van der Waals surface area contributed by atoms with Crippen LogP contribution >= 0.6 is 0 Å². The van der Waals surface area contributed by atoms with Gasteiger partial charge < -0.3 is 0 Å². The van der Waals surface area contributed by atoms with Crippen LogP contribution in [0.25, 0.3) is 0 Å². The number of hydrogen-bond acceptors (Lipinski definition) is 2. The lowest BCUT2D eigenvalue weighted by molar-refractivity contribution is -0.418. The fourth-order valence-electron chi connectivity index (χ4n) is 0.404. The molecule has 3 nitrogen and oxygen atoms in total. The van der Waals surface area contributed by atoms with Gasteiger partial charge in [0, 0.05) is 12.2 Å². The summed E-state index contributed by atoms with van der Waals surface area (Å²) in [7, 11) is 0. The normalized spacial score (nSPS) is 12.9. The Balaban J connectivity index is 4.50. The highest BCUT2D eigenvalue weighted by atomic mass is 19.1. The van der Waals surface area contributed by atoms with Gasteiger partial charge >= 0.3 is 0 Å². The zero-order valence-corrected chi connectivity index (χ0v) is 6.08. The van der Waals surface area contributed by atoms with Crippen LogP contribution in [0.1, 0.15) is 6.92 Å². The third kappa shape index (κ3) is 4.02. The van der Waals surface area contributed by atoms with Crippen LogP contribution in [0, 0.1) is 10.1 Å². The summed E-state index contributed by atoms with van der Waals surface area (Å²) in [4.78, 5) is 9.42. The third-order valence-corrected chi connectivity index (χ3v) is 0.904. The molecule has 0 aliphatic heterocycles. The number of allylic oxidation sites excluding steroid dienone is 4. The molecule has 11 heavy (non-hydrogen) atoms. The van der Waals surface area contributed by atoms with Crippen molar-refractivity contribution >= 4 is 0 Å². The first-order valence-electron chi connectivity index (χ1n) is 2.89. The van der Waals surface area contributed by atoms with Crippen LogP contribution in [0.4, 0.5) is 4.39 Å². The molecule has 0 atom stereocenters. The van der Waals surface area contributed by atoms with E-state index in [1.807, 2.05) is 0 Å². The Bertz CT molecular complexity index is 227. The van der Waals surface area contributed by atoms with Crippen molar-refractivity contribution in [2.45, 2.75) is 6.92 Å². The molecule has 0 aromatic carbocycles. The van der Waals surface area contributed by atoms with Crippen LogP contribution in [-0.2, 0) is 0 Å². The van der Waals surface area contributed by atoms with Gasteiger partial charge in [0.15, 0.2) is 0 Å². The molecular formula is C7H8FNO2. The predicted molar refractivity (Wildman–Crippen MR) is 40.1 cm³/mol. The molecule has 0 aliphatic carbocycles. The van der Waals surface area contributed by atoms with E-state index in [-0.39, 0.29) is 5.70 Å². The lowest BCUT2D eigenvalue weighted by Crippen LogP contribution is -1.93. The summed E-state index contributed by atoms with van der Waals surface area (Å²) in [5.41, 5.74) is -0.220. The van der Waals surface area contributed by atoms with Crippen molar-refractivity contribution in [1.29, 1.82) is 0 Å². The average Bonchev–Trinajstić information content (AvgIpc) is 1.87. The number of halogens is 1. The zero-order valence-electron chi connectivity index (χ0n) is 6.08. The van der Waals surface area contributed by atoms with Crippen LogP contribution in [-0.4, -0.2) is 4.92 Å². The average molecular weight is 157 g/mol. The molecule has 60 valence electrons. The van der Waals surface area contributed by atoms with Gasteiger partial charge in [-0.25, -0.2) is 4.39 Å². The molecule has 0 rings (SSSR count). The van der Waals surface area contributed by atoms with Gasteiger partial charge in [0.25, 0.3) is 5.70 Å². The van der Waals surface area contributed by atoms with Gasteiger partial charge in [-0.3, -0.25) is 10.1 Å². The van der Waals surface area contributed by atoms with E-state index in [2.05, 4.69) is 6.58 Å². The minimum Gasteiger partial charge on any atom is -0.258 e. The molecule has 0 radical (unpaired) electrons. The van der Waals surface area contributed by atoms with Crippen LogP contribution in [0.3, 0.4) is 0 Å². The monoisotopic (exact) mass is 157 g/mol. The second kappa shape index (κ2) is 4.38. The lowest BCUT2D eigenvalue weighted by Gasteiger charge is -1.86. The minimum absolute atomic E-state index is 0.220. The first-order chi connectivity index (χ1) is 5.07. The topological polar surface area (TPSA) is 43.1 Å². The molecule has 0 unspecified atom stereocenters. The van der Waals surface area contributed by atoms with Gasteiger partial charge in [-0.05, 0) is 13.0 Å². The highest BCUT2D eigenvalue weighted by Gasteiger charge is 2.01. The Hall–Kier alpha value is -1.45. The second-order valence-corrected chi connectivity index (χ2v) is 1.81. The maximum atomic E-state index is 12.0. The summed E-state index contributed by atoms with van der Waals surface area (Å²) in [5.74, 6) is -0.480. The molecule has 0 heterocycles. The molecule has 0 N–H and O–H groups in total. The number of nitro groups is 1. The van der Waals surface area contributed by atoms with Gasteiger partial charge in [-0.15, -0.1) is 0 Å². The second-order valence-electron chi connectivity index (χ2n) is 1.81. The molecule has 0 amide bonds. The largest absolute Gasteiger partial charge is 0.268 e. The highest BCUT2D eigenvalue weighted by Crippen LogP contribution is 2.00. The first-order valence-corrected chi connectivity index (χ1v) is 2.89. The van der Waals surface area contributed by atoms with Crippen LogP contribution < -0.4 is 0 Å². The van der Waals surface area contributed by atoms with Gasteiger partial charge in [0.2, 0.25) is 0 Å². The van der Waals surface area contributed by atoms with Crippen molar-refractivity contribution in [2.75, 3.05) is 0 Å². The van der Waals surface area contributed by atoms with E-state index >= 15 is 0 Å². The van der Waals surface area contributed by atoms with Crippen molar-refractivity contribution in [2.24, 2.45) is 0 Å². The molecule has 0 aliphatic rings. The smallest absolute Gasteiger partial charge is 0.258 e. The maximum Gasteiger partial charge on any atom is 0.268 e. The van der Waals surface area contributed by atoms with Crippen molar-refractivity contribution in [3.8, 4) is 0 Å². The van der Waals surface area contributed by atoms with Crippen molar-refractivity contribution in [1.82, 2.24) is 0 Å². The summed E-state index contributed by atoms with van der Waals surface area (Å²) >= 11 is 0. The first kappa shape index (κ1) is 9.55. The molecule has 0 aromatic heterocycles. The van der Waals surface area contributed by atoms with Crippen molar-refractivity contribution in [3.05, 3.63) is 46.4 Å². The summed E-state index contributed by atoms with van der Waals surface area (Å²) < 4.78 is 12.0. The van der Waals surface area contributed by atoms with E-state index in [0.717, 1.165) is 18.2 Å². The van der Waals surface area contributed by atoms with Crippen molar-refractivity contribution < 1.29 is 9.31 Å². The maximum absolute atomic E-state index is 12.0. The third-order valence-electron chi connectivity index (χ3n) is 0.904. The van der Waals surface area contributed by atoms with E-state index in [9.17, 15) is 14.5 Å². The molecule has 0 aromatic rings. The van der Waals surface area contributed by atoms with E-state index in [1.54, 1.807) is 0 Å². The Morgan fingerprint density at radius 2 is 2.18 bits per heavy atom. The van der Waals surface area contributed by atoms with Crippen LogP contribution in [0.5, 0.6) is 0 Å². The number of hydrogen-bond donors (Lipinski definition) is 0. The fraction of sp³-hybridized carbons (Fsp3) is 0.143. The number of nitrogens with zero attached hydrogens (tertiary/aromatic N) is 1. The molecular weight excluding hydrogens is 149 g/mol. The fourth-order valence-corrected chi connectivity index (χ4v) is 0.404. The molecule has 0 saturated carbocycles. The van der Waals surface area contributed by atoms with Crippen LogP contribution in [0.15, 0.2) is 36.3 Å². The number of rotatable bonds is 3. The summed E-state index contributed by atoms with van der Waals surface area (Å²) in [6, 6.07) is 0. The van der Waals surface area contributed by atoms with Crippen molar-refractivity contribution in [3.63, 3.8) is 0 Å². The minimum atomic E-state index is -0.633. The molecule has 0 spiro atoms. The summed E-state index contributed by atoms with van der Waals surface area (Å²) in [6.45, 7) is 4.40. The quantitative estimate of drug-likeness (QED) is 0.358. The SMILES string of the molecule is C=C/C(=C\C=C(/C)F)[N+](=O)[O-]. The summed E-state index contributed by atoms with van der Waals surface area (Å²) in [6.07, 6.45) is 3.13. The van der Waals surface area contributed by atoms with E-state index in [0.29, 0.717) is 0 Å². The van der Waals surface area contributed by atoms with Crippen LogP contribution in [0.2, 0.25) is 0 Å². The highest BCUT2D eigenvalue weighted by molar-refractivity contribution is 5.16. The van der Waals surface area contributed by atoms with Gasteiger partial charge in [0.1, 0.15) is 0 Å². The molecule has 0 saturated heterocycles. The van der Waals surface area contributed by atoms with Gasteiger partial charge in [0.05, 0.1) is 10.8 Å². The lowest BCUT2D eigenvalue weighted by atomic mass is 10.3. The van der Waals surface area contributed by atoms with Gasteiger partial charge in [-0.2, -0.15) is 0 Å². The molecule has 0 bridgehead atoms. The van der Waals surface area contributed by atoms with Gasteiger partial charge in [-0.1, -0.05) is 6.58 Å². The Morgan fingerprint density at radius 1 is 1.64 bits per heavy atom.